The van der Waals surface area contributed by atoms with Crippen LogP contribution >= 0.6 is 0 Å². The van der Waals surface area contributed by atoms with E-state index in [2.05, 4.69) is 10.3 Å². The van der Waals surface area contributed by atoms with Crippen LogP contribution in [0.3, 0.4) is 0 Å². The quantitative estimate of drug-likeness (QED) is 0.459. The molecule has 2 N–H and O–H groups in total. The Balaban J connectivity index is 1.84. The first kappa shape index (κ1) is 7.25. The Morgan fingerprint density at radius 2 is 2.07 bits per heavy atom. The highest BCUT2D eigenvalue weighted by molar-refractivity contribution is 6.13. The third-order valence-corrected chi connectivity index (χ3v) is 6.21. The van der Waals surface area contributed by atoms with E-state index in [1.54, 1.807) is 0 Å². The topological polar surface area (TPSA) is 65.2 Å². The molecule has 7 aliphatic carbocycles. The molecule has 7 saturated carbocycles. The van der Waals surface area contributed by atoms with Crippen molar-refractivity contribution in [2.24, 2.45) is 51.2 Å². The monoisotopic (exact) mass is 204 g/mol. The lowest BCUT2D eigenvalue weighted by atomic mass is 9.38. The summed E-state index contributed by atoms with van der Waals surface area (Å²) in [4.78, 5) is 0. The third kappa shape index (κ3) is 0.404. The standard InChI is InChI=1S/C11H12N2O2/c14-12-9-3-1-4-7-5-2-11(7,8(4)9)10(13-15)6(3)5/h3-8,14-15H,1-2H2/b12-9+,13-10-/t3-,4+,5+,6-,7-,8-,11-/m0/s1. The van der Waals surface area contributed by atoms with Crippen molar-refractivity contribution in [3.05, 3.63) is 0 Å². The summed E-state index contributed by atoms with van der Waals surface area (Å²) in [7, 11) is 0. The van der Waals surface area contributed by atoms with Crippen molar-refractivity contribution in [3.8, 4) is 0 Å². The fourth-order valence-electron chi connectivity index (χ4n) is 6.20. The molecule has 4 heteroatoms. The van der Waals surface area contributed by atoms with Gasteiger partial charge in [-0.3, -0.25) is 0 Å². The smallest absolute Gasteiger partial charge is 0.0682 e. The minimum absolute atomic E-state index is 0.156. The van der Waals surface area contributed by atoms with Crippen molar-refractivity contribution >= 4 is 11.4 Å². The molecular formula is C11H12N2O2. The Morgan fingerprint density at radius 1 is 1.20 bits per heavy atom. The second-order valence-corrected chi connectivity index (χ2v) is 5.95. The summed E-state index contributed by atoms with van der Waals surface area (Å²) in [6.45, 7) is 0. The molecule has 0 aliphatic heterocycles. The molecule has 0 amide bonds. The van der Waals surface area contributed by atoms with E-state index in [0.29, 0.717) is 17.8 Å². The van der Waals surface area contributed by atoms with Gasteiger partial charge in [-0.1, -0.05) is 10.3 Å². The molecular weight excluding hydrogens is 192 g/mol. The molecule has 0 aromatic carbocycles. The number of hydrogen-bond acceptors (Lipinski definition) is 4. The summed E-state index contributed by atoms with van der Waals surface area (Å²) in [5.74, 6) is 3.51. The zero-order valence-electron chi connectivity index (χ0n) is 8.17. The van der Waals surface area contributed by atoms with Crippen LogP contribution in [0.4, 0.5) is 0 Å². The molecule has 0 saturated heterocycles. The summed E-state index contributed by atoms with van der Waals surface area (Å²) < 4.78 is 0. The van der Waals surface area contributed by atoms with Crippen LogP contribution in [-0.4, -0.2) is 21.8 Å². The van der Waals surface area contributed by atoms with Gasteiger partial charge >= 0.3 is 0 Å². The Bertz CT molecular complexity index is 450. The van der Waals surface area contributed by atoms with Crippen LogP contribution in [0.15, 0.2) is 10.3 Å². The van der Waals surface area contributed by atoms with Gasteiger partial charge in [0.05, 0.1) is 11.4 Å². The van der Waals surface area contributed by atoms with Crippen LogP contribution in [0.2, 0.25) is 0 Å². The minimum atomic E-state index is 0.156. The normalized spacial score (nSPS) is 71.2. The fraction of sp³-hybridized carbons (Fsp3) is 0.818. The summed E-state index contributed by atoms with van der Waals surface area (Å²) in [6.07, 6.45) is 2.37. The highest BCUT2D eigenvalue weighted by Crippen LogP contribution is 2.87. The predicted molar refractivity (Wildman–Crippen MR) is 51.1 cm³/mol. The van der Waals surface area contributed by atoms with E-state index < -0.39 is 0 Å². The molecule has 7 bridgehead atoms. The molecule has 7 atom stereocenters. The lowest BCUT2D eigenvalue weighted by Crippen LogP contribution is -2.64. The maximum absolute atomic E-state index is 9.18. The molecule has 7 rings (SSSR count). The first-order valence-corrected chi connectivity index (χ1v) is 5.79. The molecule has 4 nitrogen and oxygen atoms in total. The van der Waals surface area contributed by atoms with Gasteiger partial charge in [-0.15, -0.1) is 0 Å². The van der Waals surface area contributed by atoms with Crippen LogP contribution < -0.4 is 0 Å². The zero-order chi connectivity index (χ0) is 9.95. The van der Waals surface area contributed by atoms with Gasteiger partial charge in [0, 0.05) is 23.2 Å². The molecule has 15 heavy (non-hydrogen) atoms. The molecule has 7 fully saturated rings. The molecule has 0 radical (unpaired) electrons. The van der Waals surface area contributed by atoms with Crippen molar-refractivity contribution < 1.29 is 10.4 Å². The van der Waals surface area contributed by atoms with E-state index in [-0.39, 0.29) is 5.41 Å². The average molecular weight is 204 g/mol. The Labute approximate surface area is 86.6 Å². The fourth-order valence-corrected chi connectivity index (χ4v) is 6.20. The van der Waals surface area contributed by atoms with Gasteiger partial charge in [0.25, 0.3) is 0 Å². The van der Waals surface area contributed by atoms with Gasteiger partial charge in [-0.2, -0.15) is 0 Å². The Morgan fingerprint density at radius 3 is 2.80 bits per heavy atom. The van der Waals surface area contributed by atoms with Crippen LogP contribution in [-0.2, 0) is 0 Å². The molecule has 0 aromatic rings. The van der Waals surface area contributed by atoms with Crippen LogP contribution in [0.25, 0.3) is 0 Å². The first-order chi connectivity index (χ1) is 7.34. The van der Waals surface area contributed by atoms with Crippen molar-refractivity contribution in [3.63, 3.8) is 0 Å². The summed E-state index contributed by atoms with van der Waals surface area (Å²) >= 11 is 0. The third-order valence-electron chi connectivity index (χ3n) is 6.21. The van der Waals surface area contributed by atoms with Crippen LogP contribution in [0.5, 0.6) is 0 Å². The number of nitrogens with zero attached hydrogens (tertiary/aromatic N) is 2. The van der Waals surface area contributed by atoms with Gasteiger partial charge < -0.3 is 10.4 Å². The van der Waals surface area contributed by atoms with E-state index in [0.717, 1.165) is 29.2 Å². The van der Waals surface area contributed by atoms with Gasteiger partial charge in [-0.05, 0) is 30.6 Å². The molecule has 7 aliphatic rings. The number of oxime groups is 2. The van der Waals surface area contributed by atoms with Crippen molar-refractivity contribution in [1.82, 2.24) is 0 Å². The lowest BCUT2D eigenvalue weighted by molar-refractivity contribution is -0.151. The molecule has 1 spiro atoms. The van der Waals surface area contributed by atoms with E-state index in [1.165, 1.54) is 12.8 Å². The van der Waals surface area contributed by atoms with Crippen molar-refractivity contribution in [2.45, 2.75) is 12.8 Å². The molecule has 0 aromatic heterocycles. The molecule has 0 heterocycles. The first-order valence-electron chi connectivity index (χ1n) is 5.79. The summed E-state index contributed by atoms with van der Waals surface area (Å²) in [6, 6.07) is 0. The highest BCUT2D eigenvalue weighted by atomic mass is 16.4. The van der Waals surface area contributed by atoms with Crippen LogP contribution in [0, 0.1) is 40.9 Å². The van der Waals surface area contributed by atoms with Gasteiger partial charge in [-0.25, -0.2) is 0 Å². The maximum atomic E-state index is 9.18. The lowest BCUT2D eigenvalue weighted by Gasteiger charge is -2.64. The van der Waals surface area contributed by atoms with Crippen molar-refractivity contribution in [2.75, 3.05) is 0 Å². The molecule has 78 valence electrons. The van der Waals surface area contributed by atoms with Crippen molar-refractivity contribution in [1.29, 1.82) is 0 Å². The van der Waals surface area contributed by atoms with Crippen LogP contribution in [0.1, 0.15) is 12.8 Å². The highest BCUT2D eigenvalue weighted by Gasteiger charge is 2.88. The Kier molecular flexibility index (Phi) is 0.822. The second kappa shape index (κ2) is 1.70. The minimum Gasteiger partial charge on any atom is -0.411 e. The summed E-state index contributed by atoms with van der Waals surface area (Å²) in [5.41, 5.74) is 2.26. The van der Waals surface area contributed by atoms with Gasteiger partial charge in [0.2, 0.25) is 0 Å². The largest absolute Gasteiger partial charge is 0.411 e. The summed E-state index contributed by atoms with van der Waals surface area (Å²) in [5, 5.41) is 25.4. The number of hydrogen-bond donors (Lipinski definition) is 2. The SMILES string of the molecule is O/N=C1/[C@@H]2[C@H]3C[C@@]14[C@H]3[C@H]1C[C@@H]2/C(=N\O)[C@H]14. The maximum Gasteiger partial charge on any atom is 0.0682 e. The van der Waals surface area contributed by atoms with E-state index in [9.17, 15) is 5.21 Å². The Hall–Kier alpha value is -1.06. The van der Waals surface area contributed by atoms with E-state index in [1.807, 2.05) is 0 Å². The van der Waals surface area contributed by atoms with Gasteiger partial charge in [0.1, 0.15) is 0 Å². The van der Waals surface area contributed by atoms with E-state index >= 15 is 0 Å². The zero-order valence-corrected chi connectivity index (χ0v) is 8.17. The molecule has 0 unspecified atom stereocenters. The number of rotatable bonds is 0. The predicted octanol–water partition coefficient (Wildman–Crippen LogP) is 1.18. The average Bonchev–Trinajstić information content (AvgIpc) is 2.64. The second-order valence-electron chi connectivity index (χ2n) is 5.95. The van der Waals surface area contributed by atoms with Gasteiger partial charge in [0.15, 0.2) is 0 Å². The van der Waals surface area contributed by atoms with E-state index in [4.69, 9.17) is 5.21 Å².